The molecule has 4 rings (SSSR count). The third-order valence-corrected chi connectivity index (χ3v) is 4.71. The molecule has 0 saturated carbocycles. The largest absolute Gasteiger partial charge is 0.437 e. The second-order valence-corrected chi connectivity index (χ2v) is 6.53. The van der Waals surface area contributed by atoms with Crippen molar-refractivity contribution in [3.8, 4) is 11.6 Å². The highest BCUT2D eigenvalue weighted by molar-refractivity contribution is 7.17. The van der Waals surface area contributed by atoms with Crippen molar-refractivity contribution >= 4 is 27.5 Å². The van der Waals surface area contributed by atoms with Crippen molar-refractivity contribution in [3.63, 3.8) is 0 Å². The van der Waals surface area contributed by atoms with E-state index in [9.17, 15) is 4.79 Å². The minimum Gasteiger partial charge on any atom is -0.437 e. The Morgan fingerprint density at radius 1 is 1.04 bits per heavy atom. The van der Waals surface area contributed by atoms with E-state index in [2.05, 4.69) is 15.3 Å². The number of fused-ring (bicyclic) bond motifs is 1. The Bertz CT molecular complexity index is 1050. The maximum absolute atomic E-state index is 12.4. The van der Waals surface area contributed by atoms with Gasteiger partial charge in [-0.15, -0.1) is 11.3 Å². The quantitative estimate of drug-likeness (QED) is 0.572. The molecule has 6 heteroatoms. The van der Waals surface area contributed by atoms with Crippen molar-refractivity contribution in [3.05, 3.63) is 83.5 Å². The van der Waals surface area contributed by atoms with Crippen molar-refractivity contribution in [1.82, 2.24) is 15.3 Å². The molecule has 0 spiro atoms. The van der Waals surface area contributed by atoms with Crippen LogP contribution in [0.1, 0.15) is 15.9 Å². The van der Waals surface area contributed by atoms with Crippen LogP contribution in [0.5, 0.6) is 11.6 Å². The highest BCUT2D eigenvalue weighted by atomic mass is 32.1. The van der Waals surface area contributed by atoms with Gasteiger partial charge in [0.25, 0.3) is 5.91 Å². The topological polar surface area (TPSA) is 64.1 Å². The van der Waals surface area contributed by atoms with Gasteiger partial charge in [0.05, 0.1) is 5.52 Å². The Balaban J connectivity index is 1.49. The van der Waals surface area contributed by atoms with E-state index < -0.39 is 0 Å². The summed E-state index contributed by atoms with van der Waals surface area (Å²) in [6.07, 6.45) is 1.47. The lowest BCUT2D eigenvalue weighted by Crippen LogP contribution is -2.22. The second-order valence-electron chi connectivity index (χ2n) is 5.61. The number of carbonyl (C=O) groups excluding carboxylic acids is 1. The molecule has 0 aliphatic heterocycles. The molecule has 2 aromatic heterocycles. The molecule has 4 aromatic rings. The van der Waals surface area contributed by atoms with Gasteiger partial charge >= 0.3 is 0 Å². The molecule has 2 aromatic carbocycles. The van der Waals surface area contributed by atoms with Gasteiger partial charge in [-0.1, -0.05) is 36.4 Å². The predicted octanol–water partition coefficient (Wildman–Crippen LogP) is 4.41. The zero-order valence-corrected chi connectivity index (χ0v) is 14.6. The van der Waals surface area contributed by atoms with Crippen LogP contribution in [-0.2, 0) is 6.54 Å². The fourth-order valence-electron chi connectivity index (χ4n) is 2.53. The molecule has 0 fully saturated rings. The van der Waals surface area contributed by atoms with E-state index in [-0.39, 0.29) is 5.91 Å². The van der Waals surface area contributed by atoms with Gasteiger partial charge in [0, 0.05) is 12.1 Å². The summed E-state index contributed by atoms with van der Waals surface area (Å²) in [5.74, 6) is 0.904. The number of amides is 1. The summed E-state index contributed by atoms with van der Waals surface area (Å²) >= 11 is 1.52. The summed E-state index contributed by atoms with van der Waals surface area (Å²) in [5.41, 5.74) is 2.43. The lowest BCUT2D eigenvalue weighted by atomic mass is 10.2. The van der Waals surface area contributed by atoms with Crippen molar-refractivity contribution < 1.29 is 9.53 Å². The van der Waals surface area contributed by atoms with Crippen LogP contribution in [0.3, 0.4) is 0 Å². The SMILES string of the molecule is O=C(NCc1ccccc1)c1cccc(Oc2ncnc3ccsc23)c1. The molecule has 128 valence electrons. The number of nitrogens with zero attached hydrogens (tertiary/aromatic N) is 2. The minimum absolute atomic E-state index is 0.150. The number of aromatic nitrogens is 2. The molecule has 0 radical (unpaired) electrons. The summed E-state index contributed by atoms with van der Waals surface area (Å²) in [6.45, 7) is 0.479. The Hall–Kier alpha value is -3.25. The number of rotatable bonds is 5. The maximum Gasteiger partial charge on any atom is 0.251 e. The first-order valence-corrected chi connectivity index (χ1v) is 8.96. The lowest BCUT2D eigenvalue weighted by Gasteiger charge is -2.08. The number of hydrogen-bond donors (Lipinski definition) is 1. The molecule has 26 heavy (non-hydrogen) atoms. The van der Waals surface area contributed by atoms with E-state index in [4.69, 9.17) is 4.74 Å². The van der Waals surface area contributed by atoms with Crippen LogP contribution < -0.4 is 10.1 Å². The fraction of sp³-hybridized carbons (Fsp3) is 0.0500. The van der Waals surface area contributed by atoms with Crippen LogP contribution >= 0.6 is 11.3 Å². The van der Waals surface area contributed by atoms with Gasteiger partial charge in [0.2, 0.25) is 5.88 Å². The monoisotopic (exact) mass is 361 g/mol. The molecule has 1 N–H and O–H groups in total. The normalized spacial score (nSPS) is 10.6. The zero-order valence-electron chi connectivity index (χ0n) is 13.8. The third kappa shape index (κ3) is 3.55. The number of carbonyl (C=O) groups is 1. The Kier molecular flexibility index (Phi) is 4.57. The van der Waals surface area contributed by atoms with E-state index in [1.54, 1.807) is 24.3 Å². The van der Waals surface area contributed by atoms with E-state index >= 15 is 0 Å². The van der Waals surface area contributed by atoms with Gasteiger partial charge in [-0.2, -0.15) is 0 Å². The molecule has 0 aliphatic carbocycles. The molecule has 5 nitrogen and oxygen atoms in total. The van der Waals surface area contributed by atoms with Crippen molar-refractivity contribution in [2.24, 2.45) is 0 Å². The second kappa shape index (κ2) is 7.33. The molecule has 0 saturated heterocycles. The number of hydrogen-bond acceptors (Lipinski definition) is 5. The third-order valence-electron chi connectivity index (χ3n) is 3.82. The molecular weight excluding hydrogens is 346 g/mol. The maximum atomic E-state index is 12.4. The van der Waals surface area contributed by atoms with Gasteiger partial charge in [-0.3, -0.25) is 4.79 Å². The van der Waals surface area contributed by atoms with Crippen LogP contribution in [0.15, 0.2) is 72.4 Å². The smallest absolute Gasteiger partial charge is 0.251 e. The number of ether oxygens (including phenoxy) is 1. The first-order valence-electron chi connectivity index (χ1n) is 8.08. The highest BCUT2D eigenvalue weighted by Crippen LogP contribution is 2.30. The molecule has 0 unspecified atom stereocenters. The summed E-state index contributed by atoms with van der Waals surface area (Å²) in [7, 11) is 0. The van der Waals surface area contributed by atoms with Crippen LogP contribution in [0.2, 0.25) is 0 Å². The summed E-state index contributed by atoms with van der Waals surface area (Å²) < 4.78 is 6.76. The Morgan fingerprint density at radius 2 is 1.92 bits per heavy atom. The average Bonchev–Trinajstić information content (AvgIpc) is 3.17. The zero-order chi connectivity index (χ0) is 17.8. The molecule has 2 heterocycles. The molecule has 0 aliphatic rings. The van der Waals surface area contributed by atoms with E-state index in [1.807, 2.05) is 41.8 Å². The molecular formula is C20H15N3O2S. The molecule has 0 bridgehead atoms. The first-order chi connectivity index (χ1) is 12.8. The van der Waals surface area contributed by atoms with Crippen LogP contribution in [-0.4, -0.2) is 15.9 Å². The van der Waals surface area contributed by atoms with Crippen molar-refractivity contribution in [1.29, 1.82) is 0 Å². The standard InChI is InChI=1S/C20H15N3O2S/c24-19(21-12-14-5-2-1-3-6-14)15-7-4-8-16(11-15)25-20-18-17(9-10-26-18)22-13-23-20/h1-11,13H,12H2,(H,21,24). The Labute approximate surface area is 154 Å². The minimum atomic E-state index is -0.150. The van der Waals surface area contributed by atoms with Crippen LogP contribution in [0, 0.1) is 0 Å². The van der Waals surface area contributed by atoms with E-state index in [0.717, 1.165) is 15.8 Å². The highest BCUT2D eigenvalue weighted by Gasteiger charge is 2.10. The van der Waals surface area contributed by atoms with Gasteiger partial charge in [0.1, 0.15) is 16.8 Å². The van der Waals surface area contributed by atoms with Gasteiger partial charge in [-0.25, -0.2) is 9.97 Å². The van der Waals surface area contributed by atoms with Gasteiger partial charge in [-0.05, 0) is 35.2 Å². The van der Waals surface area contributed by atoms with Crippen molar-refractivity contribution in [2.75, 3.05) is 0 Å². The Morgan fingerprint density at radius 3 is 2.81 bits per heavy atom. The lowest BCUT2D eigenvalue weighted by molar-refractivity contribution is 0.0950. The van der Waals surface area contributed by atoms with Crippen LogP contribution in [0.4, 0.5) is 0 Å². The average molecular weight is 361 g/mol. The molecule has 0 atom stereocenters. The fourth-order valence-corrected chi connectivity index (χ4v) is 3.30. The number of thiophene rings is 1. The summed E-state index contributed by atoms with van der Waals surface area (Å²) in [5, 5.41) is 4.86. The predicted molar refractivity (Wildman–Crippen MR) is 102 cm³/mol. The van der Waals surface area contributed by atoms with E-state index in [0.29, 0.717) is 23.7 Å². The number of benzene rings is 2. The number of nitrogens with one attached hydrogen (secondary N) is 1. The summed E-state index contributed by atoms with van der Waals surface area (Å²) in [6, 6.07) is 18.8. The summed E-state index contributed by atoms with van der Waals surface area (Å²) in [4.78, 5) is 20.8. The molecule has 1 amide bonds. The van der Waals surface area contributed by atoms with Crippen molar-refractivity contribution in [2.45, 2.75) is 6.54 Å². The van der Waals surface area contributed by atoms with Gasteiger partial charge < -0.3 is 10.1 Å². The first kappa shape index (κ1) is 16.2. The van der Waals surface area contributed by atoms with Crippen LogP contribution in [0.25, 0.3) is 10.2 Å². The van der Waals surface area contributed by atoms with Gasteiger partial charge in [0.15, 0.2) is 0 Å². The van der Waals surface area contributed by atoms with E-state index in [1.165, 1.54) is 17.7 Å².